The molecule has 32 heavy (non-hydrogen) atoms. The van der Waals surface area contributed by atoms with E-state index in [1.54, 1.807) is 42.5 Å². The average molecular weight is 446 g/mol. The molecule has 0 N–H and O–H groups in total. The fraction of sp³-hybridized carbons (Fsp3) is 0.269. The maximum Gasteiger partial charge on any atom is 0.198 e. The maximum absolute atomic E-state index is 13.8. The van der Waals surface area contributed by atoms with Crippen LogP contribution in [0.1, 0.15) is 37.5 Å². The first kappa shape index (κ1) is 21.0. The van der Waals surface area contributed by atoms with Crippen molar-refractivity contribution in [2.24, 2.45) is 0 Å². The Labute approximate surface area is 192 Å². The molecule has 1 aromatic heterocycles. The lowest BCUT2D eigenvalue weighted by Crippen LogP contribution is -2.60. The molecule has 0 radical (unpaired) electrons. The van der Waals surface area contributed by atoms with Crippen LogP contribution in [0.2, 0.25) is 5.15 Å². The Balaban J connectivity index is 1.48. The quantitative estimate of drug-likeness (QED) is 0.446. The number of hydrogen-bond donors (Lipinski definition) is 0. The zero-order valence-electron chi connectivity index (χ0n) is 17.9. The van der Waals surface area contributed by atoms with Gasteiger partial charge in [0.1, 0.15) is 5.15 Å². The average Bonchev–Trinajstić information content (AvgIpc) is 3.04. The summed E-state index contributed by atoms with van der Waals surface area (Å²) in [7, 11) is 0. The summed E-state index contributed by atoms with van der Waals surface area (Å²) in [5.74, 6) is -0.416. The first-order valence-corrected chi connectivity index (χ1v) is 11.2. The molecule has 0 atom stereocenters. The molecule has 1 aliphatic heterocycles. The second kappa shape index (κ2) is 8.24. The van der Waals surface area contributed by atoms with Gasteiger partial charge in [-0.05, 0) is 30.2 Å². The molecule has 3 aromatic rings. The van der Waals surface area contributed by atoms with Crippen LogP contribution in [-0.2, 0) is 12.1 Å². The van der Waals surface area contributed by atoms with Crippen molar-refractivity contribution in [3.8, 4) is 0 Å². The van der Waals surface area contributed by atoms with Gasteiger partial charge in [0, 0.05) is 43.9 Å². The predicted molar refractivity (Wildman–Crippen MR) is 124 cm³/mol. The molecule has 0 unspecified atom stereocenters. The van der Waals surface area contributed by atoms with Gasteiger partial charge in [0.2, 0.25) is 0 Å². The van der Waals surface area contributed by atoms with Crippen LogP contribution in [0.3, 0.4) is 0 Å². The maximum atomic E-state index is 13.8. The summed E-state index contributed by atoms with van der Waals surface area (Å²) in [4.78, 5) is 36.4. The molecule has 0 saturated carbocycles. The van der Waals surface area contributed by atoms with E-state index < -0.39 is 5.54 Å². The highest BCUT2D eigenvalue weighted by molar-refractivity contribution is 6.33. The van der Waals surface area contributed by atoms with Crippen molar-refractivity contribution >= 4 is 23.2 Å². The van der Waals surface area contributed by atoms with Crippen LogP contribution in [0.25, 0.3) is 0 Å². The Hall–Kier alpha value is -2.86. The van der Waals surface area contributed by atoms with Gasteiger partial charge in [-0.25, -0.2) is 4.98 Å². The zero-order valence-corrected chi connectivity index (χ0v) is 18.7. The predicted octanol–water partition coefficient (Wildman–Crippen LogP) is 4.14. The second-order valence-electron chi connectivity index (χ2n) is 8.45. The van der Waals surface area contributed by atoms with Crippen molar-refractivity contribution in [3.63, 3.8) is 0 Å². The second-order valence-corrected chi connectivity index (χ2v) is 8.84. The summed E-state index contributed by atoms with van der Waals surface area (Å²) >= 11 is 6.20. The van der Waals surface area contributed by atoms with Gasteiger partial charge in [-0.1, -0.05) is 66.2 Å². The highest BCUT2D eigenvalue weighted by Gasteiger charge is 2.59. The van der Waals surface area contributed by atoms with Crippen molar-refractivity contribution in [1.82, 2.24) is 14.8 Å². The monoisotopic (exact) mass is 445 g/mol. The SMILES string of the molecule is Cc1ccccc1CN1CCN(C2(c3cccc(Cl)n3)C(=O)c3ccccc3C2=O)CC1. The van der Waals surface area contributed by atoms with Gasteiger partial charge in [0.15, 0.2) is 17.1 Å². The van der Waals surface area contributed by atoms with Crippen molar-refractivity contribution in [3.05, 3.63) is 99.8 Å². The van der Waals surface area contributed by atoms with E-state index >= 15 is 0 Å². The van der Waals surface area contributed by atoms with Gasteiger partial charge in [0.05, 0.1) is 5.69 Å². The minimum absolute atomic E-state index is 0.208. The van der Waals surface area contributed by atoms with Crippen LogP contribution in [0, 0.1) is 6.92 Å². The fourth-order valence-corrected chi connectivity index (χ4v) is 5.10. The number of Topliss-reactive ketones (excluding diaryl/α,β-unsaturated/α-hetero) is 2. The molecule has 1 fully saturated rings. The standard InChI is InChI=1S/C26H24ClN3O2/c1-18-7-2-3-8-19(18)17-29-13-15-30(16-14-29)26(22-11-6-12-23(27)28-22)24(31)20-9-4-5-10-21(20)25(26)32/h2-12H,13-17H2,1H3. The summed E-state index contributed by atoms with van der Waals surface area (Å²) in [6, 6.07) is 20.6. The largest absolute Gasteiger partial charge is 0.297 e. The van der Waals surface area contributed by atoms with E-state index in [2.05, 4.69) is 35.0 Å². The van der Waals surface area contributed by atoms with Crippen molar-refractivity contribution in [1.29, 1.82) is 0 Å². The number of hydrogen-bond acceptors (Lipinski definition) is 5. The molecular weight excluding hydrogens is 422 g/mol. The van der Waals surface area contributed by atoms with Gasteiger partial charge in [-0.15, -0.1) is 0 Å². The van der Waals surface area contributed by atoms with Crippen molar-refractivity contribution in [2.75, 3.05) is 26.2 Å². The number of rotatable bonds is 4. The number of aryl methyl sites for hydroxylation is 1. The molecule has 2 aliphatic rings. The van der Waals surface area contributed by atoms with Crippen molar-refractivity contribution < 1.29 is 9.59 Å². The van der Waals surface area contributed by atoms with E-state index in [1.807, 2.05) is 11.0 Å². The van der Waals surface area contributed by atoms with Crippen LogP contribution >= 0.6 is 11.6 Å². The first-order valence-electron chi connectivity index (χ1n) is 10.9. The smallest absolute Gasteiger partial charge is 0.198 e. The number of aromatic nitrogens is 1. The number of ketones is 2. The third kappa shape index (κ3) is 3.28. The van der Waals surface area contributed by atoms with Crippen LogP contribution < -0.4 is 0 Å². The summed E-state index contributed by atoms with van der Waals surface area (Å²) in [5, 5.41) is 0.275. The Morgan fingerprint density at radius 2 is 1.47 bits per heavy atom. The molecule has 5 nitrogen and oxygen atoms in total. The fourth-order valence-electron chi connectivity index (χ4n) is 4.93. The minimum atomic E-state index is -1.46. The highest BCUT2D eigenvalue weighted by Crippen LogP contribution is 2.42. The molecule has 1 saturated heterocycles. The van der Waals surface area contributed by atoms with E-state index in [9.17, 15) is 9.59 Å². The van der Waals surface area contributed by atoms with E-state index in [0.717, 1.165) is 19.6 Å². The van der Waals surface area contributed by atoms with Crippen molar-refractivity contribution in [2.45, 2.75) is 19.0 Å². The Kier molecular flexibility index (Phi) is 5.41. The van der Waals surface area contributed by atoms with Gasteiger partial charge in [0.25, 0.3) is 0 Å². The molecule has 5 rings (SSSR count). The molecule has 162 valence electrons. The zero-order chi connectivity index (χ0) is 22.3. The minimum Gasteiger partial charge on any atom is -0.297 e. The highest BCUT2D eigenvalue weighted by atomic mass is 35.5. The number of carbonyl (C=O) groups excluding carboxylic acids is 2. The van der Waals surface area contributed by atoms with Crippen LogP contribution in [-0.4, -0.2) is 52.5 Å². The Morgan fingerprint density at radius 3 is 2.09 bits per heavy atom. The first-order chi connectivity index (χ1) is 15.5. The lowest BCUT2D eigenvalue weighted by atomic mass is 9.85. The number of benzene rings is 2. The van der Waals surface area contributed by atoms with E-state index in [-0.39, 0.29) is 16.7 Å². The molecule has 0 bridgehead atoms. The summed E-state index contributed by atoms with van der Waals surface area (Å²) < 4.78 is 0. The normalized spacial score (nSPS) is 18.7. The molecule has 2 aromatic carbocycles. The third-order valence-electron chi connectivity index (χ3n) is 6.66. The lowest BCUT2D eigenvalue weighted by molar-refractivity contribution is 0.0266. The molecule has 1 aliphatic carbocycles. The number of halogens is 1. The van der Waals surface area contributed by atoms with Crippen LogP contribution in [0.15, 0.2) is 66.7 Å². The summed E-state index contributed by atoms with van der Waals surface area (Å²) in [6.45, 7) is 5.67. The number of fused-ring (bicyclic) bond motifs is 1. The summed E-state index contributed by atoms with van der Waals surface area (Å²) in [5.41, 5.74) is 2.44. The lowest BCUT2D eigenvalue weighted by Gasteiger charge is -2.43. The Bertz CT molecular complexity index is 1170. The topological polar surface area (TPSA) is 53.5 Å². The van der Waals surface area contributed by atoms with Crippen LogP contribution in [0.5, 0.6) is 0 Å². The third-order valence-corrected chi connectivity index (χ3v) is 6.87. The molecule has 0 spiro atoms. The summed E-state index contributed by atoms with van der Waals surface area (Å²) in [6.07, 6.45) is 0. The van der Waals surface area contributed by atoms with E-state index in [0.29, 0.717) is 29.9 Å². The molecule has 0 amide bonds. The van der Waals surface area contributed by atoms with Gasteiger partial charge in [-0.2, -0.15) is 0 Å². The molecular formula is C26H24ClN3O2. The van der Waals surface area contributed by atoms with Gasteiger partial charge >= 0.3 is 0 Å². The molecule has 6 heteroatoms. The van der Waals surface area contributed by atoms with Crippen LogP contribution in [0.4, 0.5) is 0 Å². The Morgan fingerprint density at radius 1 is 0.844 bits per heavy atom. The number of carbonyl (C=O) groups is 2. The van der Waals surface area contributed by atoms with Gasteiger partial charge in [-0.3, -0.25) is 19.4 Å². The number of nitrogens with zero attached hydrogens (tertiary/aromatic N) is 3. The van der Waals surface area contributed by atoms with E-state index in [4.69, 9.17) is 11.6 Å². The molecule has 2 heterocycles. The van der Waals surface area contributed by atoms with Gasteiger partial charge < -0.3 is 0 Å². The number of piperazine rings is 1. The number of pyridine rings is 1. The van der Waals surface area contributed by atoms with E-state index in [1.165, 1.54) is 11.1 Å².